The molecule has 1 amide bonds. The summed E-state index contributed by atoms with van der Waals surface area (Å²) in [4.78, 5) is 22.6. The molecule has 1 atom stereocenters. The molecule has 0 aliphatic carbocycles. The smallest absolute Gasteiger partial charge is 0.272 e. The summed E-state index contributed by atoms with van der Waals surface area (Å²) in [6, 6.07) is 6.37. The third-order valence-corrected chi connectivity index (χ3v) is 4.62. The van der Waals surface area contributed by atoms with Gasteiger partial charge in [-0.1, -0.05) is 13.0 Å². The van der Waals surface area contributed by atoms with Gasteiger partial charge in [-0.05, 0) is 31.4 Å². The molecule has 0 saturated carbocycles. The Labute approximate surface area is 142 Å². The fraction of sp³-hybridized carbons (Fsp3) is 0.500. The molecule has 0 radical (unpaired) electrons. The molecule has 3 heterocycles. The molecular formula is C18H25N5O. The Morgan fingerprint density at radius 1 is 1.33 bits per heavy atom. The quantitative estimate of drug-likeness (QED) is 0.881. The van der Waals surface area contributed by atoms with E-state index in [9.17, 15) is 4.79 Å². The van der Waals surface area contributed by atoms with E-state index in [0.717, 1.165) is 38.9 Å². The Morgan fingerprint density at radius 2 is 2.17 bits per heavy atom. The lowest BCUT2D eigenvalue weighted by Gasteiger charge is -2.34. The molecule has 1 fully saturated rings. The summed E-state index contributed by atoms with van der Waals surface area (Å²) in [5.74, 6) is 0.0412. The predicted molar refractivity (Wildman–Crippen MR) is 92.6 cm³/mol. The van der Waals surface area contributed by atoms with E-state index in [4.69, 9.17) is 0 Å². The maximum atomic E-state index is 12.4. The van der Waals surface area contributed by atoms with E-state index >= 15 is 0 Å². The minimum Gasteiger partial charge on any atom is -0.337 e. The average Bonchev–Trinajstić information content (AvgIpc) is 3.15. The topological polar surface area (TPSA) is 63.1 Å². The fourth-order valence-electron chi connectivity index (χ4n) is 3.18. The lowest BCUT2D eigenvalue weighted by Crippen LogP contribution is -2.48. The van der Waals surface area contributed by atoms with Gasteiger partial charge in [-0.2, -0.15) is 0 Å². The highest BCUT2D eigenvalue weighted by Crippen LogP contribution is 2.14. The van der Waals surface area contributed by atoms with Crippen molar-refractivity contribution in [3.05, 3.63) is 48.8 Å². The monoisotopic (exact) mass is 327 g/mol. The lowest BCUT2D eigenvalue weighted by molar-refractivity contribution is 0.0694. The number of carbonyl (C=O) groups is 1. The van der Waals surface area contributed by atoms with Gasteiger partial charge in [-0.25, -0.2) is 4.98 Å². The van der Waals surface area contributed by atoms with Gasteiger partial charge in [0, 0.05) is 50.3 Å². The van der Waals surface area contributed by atoms with Crippen molar-refractivity contribution in [2.75, 3.05) is 13.1 Å². The molecule has 6 nitrogen and oxygen atoms in total. The van der Waals surface area contributed by atoms with Crippen LogP contribution in [0, 0.1) is 0 Å². The number of pyridine rings is 1. The first-order valence-corrected chi connectivity index (χ1v) is 8.68. The summed E-state index contributed by atoms with van der Waals surface area (Å²) >= 11 is 0. The third-order valence-electron chi connectivity index (χ3n) is 4.62. The number of imidazole rings is 1. The summed E-state index contributed by atoms with van der Waals surface area (Å²) in [7, 11) is 0. The minimum atomic E-state index is 0.0412. The van der Waals surface area contributed by atoms with Gasteiger partial charge in [0.25, 0.3) is 5.91 Å². The molecule has 1 aliphatic heterocycles. The molecule has 24 heavy (non-hydrogen) atoms. The number of hydrogen-bond donors (Lipinski definition) is 1. The molecule has 2 aromatic rings. The van der Waals surface area contributed by atoms with E-state index in [0.29, 0.717) is 17.8 Å². The number of nitrogens with zero attached hydrogens (tertiary/aromatic N) is 4. The second kappa shape index (κ2) is 8.06. The summed E-state index contributed by atoms with van der Waals surface area (Å²) in [5, 5.41) is 3.74. The van der Waals surface area contributed by atoms with E-state index < -0.39 is 0 Å². The van der Waals surface area contributed by atoms with Gasteiger partial charge in [0.2, 0.25) is 0 Å². The highest BCUT2D eigenvalue weighted by atomic mass is 16.2. The number of aromatic nitrogens is 3. The number of rotatable bonds is 6. The molecule has 1 unspecified atom stereocenters. The van der Waals surface area contributed by atoms with Crippen LogP contribution in [0.5, 0.6) is 0 Å². The number of hydrogen-bond acceptors (Lipinski definition) is 4. The molecule has 1 N–H and O–H groups in total. The molecule has 0 aromatic carbocycles. The van der Waals surface area contributed by atoms with Gasteiger partial charge in [-0.3, -0.25) is 9.78 Å². The Bertz CT molecular complexity index is 620. The first-order chi connectivity index (χ1) is 11.8. The molecule has 2 aromatic heterocycles. The Balaban J connectivity index is 1.48. The van der Waals surface area contributed by atoms with Crippen molar-refractivity contribution in [1.29, 1.82) is 0 Å². The molecule has 128 valence electrons. The standard InChI is InChI=1S/C18H25N5O/c1-2-15(13-22-12-9-19-14-22)21-16-6-10-23(11-7-16)18(24)17-5-3-4-8-20-17/h3-5,8-9,12,14-16,21H,2,6-7,10-11,13H2,1H3. The van der Waals surface area contributed by atoms with Gasteiger partial charge < -0.3 is 14.8 Å². The first kappa shape index (κ1) is 16.6. The van der Waals surface area contributed by atoms with E-state index in [1.165, 1.54) is 0 Å². The van der Waals surface area contributed by atoms with Crippen molar-refractivity contribution in [1.82, 2.24) is 24.8 Å². The van der Waals surface area contributed by atoms with E-state index in [1.807, 2.05) is 35.8 Å². The zero-order valence-corrected chi connectivity index (χ0v) is 14.1. The molecular weight excluding hydrogens is 302 g/mol. The molecule has 0 bridgehead atoms. The van der Waals surface area contributed by atoms with E-state index in [-0.39, 0.29) is 5.91 Å². The van der Waals surface area contributed by atoms with Crippen LogP contribution in [0.15, 0.2) is 43.1 Å². The second-order valence-electron chi connectivity index (χ2n) is 6.31. The maximum Gasteiger partial charge on any atom is 0.272 e. The Hall–Kier alpha value is -2.21. The van der Waals surface area contributed by atoms with Crippen molar-refractivity contribution >= 4 is 5.91 Å². The predicted octanol–water partition coefficient (Wildman–Crippen LogP) is 1.95. The van der Waals surface area contributed by atoms with Gasteiger partial charge in [0.05, 0.1) is 6.33 Å². The SMILES string of the molecule is CCC(Cn1ccnc1)NC1CCN(C(=O)c2ccccn2)CC1. The number of likely N-dealkylation sites (tertiary alicyclic amines) is 1. The van der Waals surface area contributed by atoms with Crippen LogP contribution in [-0.2, 0) is 6.54 Å². The van der Waals surface area contributed by atoms with Crippen LogP contribution in [0.4, 0.5) is 0 Å². The van der Waals surface area contributed by atoms with Gasteiger partial charge >= 0.3 is 0 Å². The highest BCUT2D eigenvalue weighted by Gasteiger charge is 2.25. The van der Waals surface area contributed by atoms with Crippen LogP contribution in [0.1, 0.15) is 36.7 Å². The number of piperidine rings is 1. The Kier molecular flexibility index (Phi) is 5.59. The summed E-state index contributed by atoms with van der Waals surface area (Å²) in [5.41, 5.74) is 0.537. The first-order valence-electron chi connectivity index (χ1n) is 8.68. The highest BCUT2D eigenvalue weighted by molar-refractivity contribution is 5.92. The van der Waals surface area contributed by atoms with Crippen LogP contribution in [0.25, 0.3) is 0 Å². The third kappa shape index (κ3) is 4.20. The molecule has 6 heteroatoms. The van der Waals surface area contributed by atoms with Gasteiger partial charge in [-0.15, -0.1) is 0 Å². The molecule has 1 saturated heterocycles. The normalized spacial score (nSPS) is 17.0. The summed E-state index contributed by atoms with van der Waals surface area (Å²) in [6.07, 6.45) is 10.4. The van der Waals surface area contributed by atoms with Crippen molar-refractivity contribution in [2.45, 2.75) is 44.8 Å². The van der Waals surface area contributed by atoms with Crippen LogP contribution in [0.2, 0.25) is 0 Å². The van der Waals surface area contributed by atoms with Gasteiger partial charge in [0.1, 0.15) is 5.69 Å². The largest absolute Gasteiger partial charge is 0.337 e. The molecule has 0 spiro atoms. The minimum absolute atomic E-state index is 0.0412. The number of carbonyl (C=O) groups excluding carboxylic acids is 1. The zero-order valence-electron chi connectivity index (χ0n) is 14.1. The maximum absolute atomic E-state index is 12.4. The molecule has 3 rings (SSSR count). The Morgan fingerprint density at radius 3 is 2.79 bits per heavy atom. The second-order valence-corrected chi connectivity index (χ2v) is 6.31. The van der Waals surface area contributed by atoms with Crippen LogP contribution in [-0.4, -0.2) is 50.5 Å². The van der Waals surface area contributed by atoms with Crippen molar-refractivity contribution in [2.24, 2.45) is 0 Å². The van der Waals surface area contributed by atoms with Crippen LogP contribution in [0.3, 0.4) is 0 Å². The lowest BCUT2D eigenvalue weighted by atomic mass is 10.0. The number of amides is 1. The van der Waals surface area contributed by atoms with Gasteiger partial charge in [0.15, 0.2) is 0 Å². The zero-order chi connectivity index (χ0) is 16.8. The van der Waals surface area contributed by atoms with E-state index in [1.54, 1.807) is 12.3 Å². The fourth-order valence-corrected chi connectivity index (χ4v) is 3.18. The van der Waals surface area contributed by atoms with Crippen molar-refractivity contribution in [3.63, 3.8) is 0 Å². The number of nitrogens with one attached hydrogen (secondary N) is 1. The van der Waals surface area contributed by atoms with Crippen LogP contribution >= 0.6 is 0 Å². The van der Waals surface area contributed by atoms with Crippen molar-refractivity contribution in [3.8, 4) is 0 Å². The van der Waals surface area contributed by atoms with Crippen molar-refractivity contribution < 1.29 is 4.79 Å². The summed E-state index contributed by atoms with van der Waals surface area (Å²) < 4.78 is 2.11. The average molecular weight is 327 g/mol. The van der Waals surface area contributed by atoms with Crippen LogP contribution < -0.4 is 5.32 Å². The molecule has 1 aliphatic rings. The summed E-state index contributed by atoms with van der Waals surface area (Å²) in [6.45, 7) is 4.71. The van der Waals surface area contributed by atoms with E-state index in [2.05, 4.69) is 26.8 Å².